The molecule has 2 aromatic carbocycles. The lowest BCUT2D eigenvalue weighted by Crippen LogP contribution is -2.44. The molecule has 1 saturated carbocycles. The second-order valence-corrected chi connectivity index (χ2v) is 9.63. The maximum atomic E-state index is 12.7. The number of hydrogen-bond acceptors (Lipinski definition) is 4. The van der Waals surface area contributed by atoms with Crippen molar-refractivity contribution in [2.45, 2.75) is 69.9 Å². The predicted octanol–water partition coefficient (Wildman–Crippen LogP) is 4.84. The van der Waals surface area contributed by atoms with Crippen molar-refractivity contribution in [1.82, 2.24) is 10.6 Å². The van der Waals surface area contributed by atoms with E-state index in [9.17, 15) is 19.5 Å². The fraction of sp³-hybridized carbons (Fsp3) is 0.464. The highest BCUT2D eigenvalue weighted by Crippen LogP contribution is 2.44. The van der Waals surface area contributed by atoms with Crippen LogP contribution in [0.15, 0.2) is 48.5 Å². The first-order chi connectivity index (χ1) is 17.0. The molecule has 0 saturated heterocycles. The van der Waals surface area contributed by atoms with Crippen molar-refractivity contribution in [1.29, 1.82) is 0 Å². The third kappa shape index (κ3) is 6.02. The van der Waals surface area contributed by atoms with Gasteiger partial charge in [0.15, 0.2) is 0 Å². The zero-order chi connectivity index (χ0) is 24.8. The van der Waals surface area contributed by atoms with Crippen LogP contribution in [0.3, 0.4) is 0 Å². The van der Waals surface area contributed by atoms with Crippen molar-refractivity contribution in [2.24, 2.45) is 5.92 Å². The Morgan fingerprint density at radius 2 is 1.69 bits per heavy atom. The minimum Gasteiger partial charge on any atom is -0.481 e. The fourth-order valence-corrected chi connectivity index (χ4v) is 5.44. The van der Waals surface area contributed by atoms with E-state index in [1.165, 1.54) is 11.1 Å². The van der Waals surface area contributed by atoms with Gasteiger partial charge in [0.2, 0.25) is 5.91 Å². The summed E-state index contributed by atoms with van der Waals surface area (Å²) >= 11 is 0. The number of aliphatic carboxylic acids is 1. The van der Waals surface area contributed by atoms with Crippen molar-refractivity contribution in [3.05, 3.63) is 59.7 Å². The average molecular weight is 479 g/mol. The summed E-state index contributed by atoms with van der Waals surface area (Å²) in [6.07, 6.45) is 3.77. The number of carboxylic acids is 1. The molecule has 7 nitrogen and oxygen atoms in total. The van der Waals surface area contributed by atoms with E-state index in [4.69, 9.17) is 4.74 Å². The largest absolute Gasteiger partial charge is 0.481 e. The molecule has 0 spiro atoms. The van der Waals surface area contributed by atoms with Crippen LogP contribution in [-0.4, -0.2) is 41.8 Å². The van der Waals surface area contributed by atoms with Gasteiger partial charge in [0.1, 0.15) is 6.61 Å². The second-order valence-electron chi connectivity index (χ2n) is 9.63. The Kier molecular flexibility index (Phi) is 8.06. The quantitative estimate of drug-likeness (QED) is 0.478. The molecular weight excluding hydrogens is 444 g/mol. The van der Waals surface area contributed by atoms with Crippen LogP contribution in [0.1, 0.15) is 68.9 Å². The Morgan fingerprint density at radius 1 is 1.03 bits per heavy atom. The first-order valence-corrected chi connectivity index (χ1v) is 12.6. The molecule has 3 N–H and O–H groups in total. The highest BCUT2D eigenvalue weighted by molar-refractivity contribution is 5.80. The summed E-state index contributed by atoms with van der Waals surface area (Å²) in [5.74, 6) is -1.39. The third-order valence-corrected chi connectivity index (χ3v) is 7.12. The maximum Gasteiger partial charge on any atom is 0.407 e. The first-order valence-electron chi connectivity index (χ1n) is 12.6. The van der Waals surface area contributed by atoms with Crippen molar-refractivity contribution in [3.8, 4) is 11.1 Å². The molecule has 0 bridgehead atoms. The zero-order valence-electron chi connectivity index (χ0n) is 20.2. The van der Waals surface area contributed by atoms with Crippen molar-refractivity contribution >= 4 is 18.0 Å². The first kappa shape index (κ1) is 24.8. The molecular formula is C28H34N2O5. The van der Waals surface area contributed by atoms with E-state index in [2.05, 4.69) is 34.9 Å². The van der Waals surface area contributed by atoms with E-state index in [0.717, 1.165) is 30.4 Å². The molecule has 35 heavy (non-hydrogen) atoms. The predicted molar refractivity (Wildman–Crippen MR) is 133 cm³/mol. The van der Waals surface area contributed by atoms with E-state index >= 15 is 0 Å². The highest BCUT2D eigenvalue weighted by Gasteiger charge is 2.30. The van der Waals surface area contributed by atoms with Crippen molar-refractivity contribution < 1.29 is 24.2 Å². The van der Waals surface area contributed by atoms with Gasteiger partial charge in [0.25, 0.3) is 0 Å². The highest BCUT2D eigenvalue weighted by atomic mass is 16.5. The summed E-state index contributed by atoms with van der Waals surface area (Å²) in [5.41, 5.74) is 4.65. The van der Waals surface area contributed by atoms with E-state index in [1.54, 1.807) is 0 Å². The SMILES string of the molecule is CCCC(CC(=O)N[C@H]1CCC[C@@H](C(=O)O)C1)NC(=O)OCC1c2ccccc2-c2ccccc21. The molecule has 2 aromatic rings. The van der Waals surface area contributed by atoms with Crippen LogP contribution >= 0.6 is 0 Å². The van der Waals surface area contributed by atoms with Gasteiger partial charge in [-0.2, -0.15) is 0 Å². The number of carboxylic acid groups (broad SMARTS) is 1. The molecule has 186 valence electrons. The lowest BCUT2D eigenvalue weighted by atomic mass is 9.85. The Hall–Kier alpha value is -3.35. The van der Waals surface area contributed by atoms with Gasteiger partial charge in [-0.15, -0.1) is 0 Å². The van der Waals surface area contributed by atoms with Gasteiger partial charge < -0.3 is 20.5 Å². The number of fused-ring (bicyclic) bond motifs is 3. The number of carbonyl (C=O) groups is 3. The Balaban J connectivity index is 1.31. The number of ether oxygens (including phenoxy) is 1. The molecule has 1 fully saturated rings. The fourth-order valence-electron chi connectivity index (χ4n) is 5.44. The number of nitrogens with one attached hydrogen (secondary N) is 2. The smallest absolute Gasteiger partial charge is 0.407 e. The average Bonchev–Trinajstić information content (AvgIpc) is 3.16. The topological polar surface area (TPSA) is 105 Å². The van der Waals surface area contributed by atoms with Crippen LogP contribution < -0.4 is 10.6 Å². The molecule has 0 radical (unpaired) electrons. The van der Waals surface area contributed by atoms with Crippen LogP contribution in [0.4, 0.5) is 4.79 Å². The molecule has 7 heteroatoms. The third-order valence-electron chi connectivity index (χ3n) is 7.12. The molecule has 0 heterocycles. The van der Waals surface area contributed by atoms with Gasteiger partial charge in [-0.05, 0) is 47.9 Å². The number of carbonyl (C=O) groups excluding carboxylic acids is 2. The number of hydrogen-bond donors (Lipinski definition) is 3. The van der Waals surface area contributed by atoms with Gasteiger partial charge in [-0.3, -0.25) is 9.59 Å². The lowest BCUT2D eigenvalue weighted by molar-refractivity contribution is -0.143. The Labute approximate surface area is 206 Å². The lowest BCUT2D eigenvalue weighted by Gasteiger charge is -2.28. The van der Waals surface area contributed by atoms with Crippen molar-refractivity contribution in [3.63, 3.8) is 0 Å². The number of amides is 2. The number of benzene rings is 2. The van der Waals surface area contributed by atoms with Crippen LogP contribution in [0.25, 0.3) is 11.1 Å². The molecule has 2 amide bonds. The monoisotopic (exact) mass is 478 g/mol. The summed E-state index contributed by atoms with van der Waals surface area (Å²) < 4.78 is 5.64. The van der Waals surface area contributed by atoms with Crippen LogP contribution in [0.5, 0.6) is 0 Å². The molecule has 3 atom stereocenters. The second kappa shape index (κ2) is 11.4. The molecule has 2 aliphatic rings. The maximum absolute atomic E-state index is 12.7. The van der Waals surface area contributed by atoms with Gasteiger partial charge in [0, 0.05) is 24.4 Å². The van der Waals surface area contributed by atoms with Gasteiger partial charge in [-0.25, -0.2) is 4.79 Å². The van der Waals surface area contributed by atoms with Gasteiger partial charge in [-0.1, -0.05) is 68.3 Å². The van der Waals surface area contributed by atoms with E-state index < -0.39 is 18.0 Å². The molecule has 1 unspecified atom stereocenters. The zero-order valence-corrected chi connectivity index (χ0v) is 20.2. The van der Waals surface area contributed by atoms with Gasteiger partial charge >= 0.3 is 12.1 Å². The van der Waals surface area contributed by atoms with Crippen LogP contribution in [-0.2, 0) is 14.3 Å². The summed E-state index contributed by atoms with van der Waals surface area (Å²) in [5, 5.41) is 15.1. The van der Waals surface area contributed by atoms with Crippen LogP contribution in [0, 0.1) is 5.92 Å². The minimum atomic E-state index is -0.801. The number of alkyl carbamates (subject to hydrolysis) is 1. The van der Waals surface area contributed by atoms with E-state index in [1.807, 2.05) is 31.2 Å². The van der Waals surface area contributed by atoms with Crippen LogP contribution in [0.2, 0.25) is 0 Å². The Bertz CT molecular complexity index is 1020. The minimum absolute atomic E-state index is 0.0189. The summed E-state index contributed by atoms with van der Waals surface area (Å²) in [6, 6.07) is 15.9. The standard InChI is InChI=1S/C28H34N2O5/c1-2-8-19(16-26(31)29-20-10-7-9-18(15-20)27(32)33)30-28(34)35-17-25-23-13-5-3-11-21(23)22-12-4-6-14-24(22)25/h3-6,11-14,18-20,25H,2,7-10,15-17H2,1H3,(H,29,31)(H,30,34)(H,32,33)/t18-,19?,20+/m1/s1. The summed E-state index contributed by atoms with van der Waals surface area (Å²) in [6.45, 7) is 2.23. The Morgan fingerprint density at radius 3 is 2.31 bits per heavy atom. The van der Waals surface area contributed by atoms with Crippen molar-refractivity contribution in [2.75, 3.05) is 6.61 Å². The van der Waals surface area contributed by atoms with Gasteiger partial charge in [0.05, 0.1) is 5.92 Å². The molecule has 2 aliphatic carbocycles. The van der Waals surface area contributed by atoms with E-state index in [0.29, 0.717) is 19.3 Å². The summed E-state index contributed by atoms with van der Waals surface area (Å²) in [4.78, 5) is 36.6. The normalized spacial score (nSPS) is 19.8. The van der Waals surface area contributed by atoms with E-state index in [-0.39, 0.29) is 36.9 Å². The molecule has 0 aromatic heterocycles. The molecule has 0 aliphatic heterocycles. The number of rotatable bonds is 9. The molecule has 4 rings (SSSR count). The summed E-state index contributed by atoms with van der Waals surface area (Å²) in [7, 11) is 0.